The number of nitrogens with zero attached hydrogens (tertiary/aromatic N) is 4. The van der Waals surface area contributed by atoms with E-state index in [1.54, 1.807) is 0 Å². The van der Waals surface area contributed by atoms with Gasteiger partial charge in [0.25, 0.3) is 0 Å². The van der Waals surface area contributed by atoms with Crippen LogP contribution in [0.4, 0.5) is 0 Å². The van der Waals surface area contributed by atoms with Crippen molar-refractivity contribution >= 4 is 23.2 Å². The van der Waals surface area contributed by atoms with Gasteiger partial charge in [-0.3, -0.25) is 0 Å². The van der Waals surface area contributed by atoms with E-state index >= 15 is 0 Å². The third-order valence-corrected chi connectivity index (χ3v) is 5.62. The zero-order valence-electron chi connectivity index (χ0n) is 15.2. The zero-order valence-corrected chi connectivity index (χ0v) is 15.2. The summed E-state index contributed by atoms with van der Waals surface area (Å²) in [5, 5.41) is 0. The standard InChI is InChI=1S/C22H22N4/c1-25-19-7-8-20(25)12-16-4-6-18(24-16)14-22-10-9-21(26(22)2)13-17-5-3-15(11-19)23-17/h3-6,11-14H,7-10H2,1-2H3. The Balaban J connectivity index is 1.85. The average Bonchev–Trinajstić information content (AvgIpc) is 3.39. The Morgan fingerprint density at radius 3 is 2.23 bits per heavy atom. The summed E-state index contributed by atoms with van der Waals surface area (Å²) in [7, 11) is 4.28. The van der Waals surface area contributed by atoms with Crippen LogP contribution >= 0.6 is 0 Å². The number of aryl methyl sites for hydroxylation is 4. The molecule has 26 heavy (non-hydrogen) atoms. The molecule has 4 nitrogen and oxygen atoms in total. The molecule has 5 heterocycles. The second-order valence-corrected chi connectivity index (χ2v) is 7.25. The van der Waals surface area contributed by atoms with E-state index < -0.39 is 0 Å². The van der Waals surface area contributed by atoms with Gasteiger partial charge in [-0.2, -0.15) is 0 Å². The molecule has 8 bridgehead atoms. The fourth-order valence-corrected chi connectivity index (χ4v) is 4.02. The van der Waals surface area contributed by atoms with Crippen molar-refractivity contribution in [3.05, 3.63) is 70.6 Å². The number of fused-ring (bicyclic) bond motifs is 8. The molecule has 0 unspecified atom stereocenters. The first kappa shape index (κ1) is 15.4. The van der Waals surface area contributed by atoms with Crippen LogP contribution in [0.15, 0.2) is 36.4 Å². The minimum absolute atomic E-state index is 1.04. The topological polar surface area (TPSA) is 35.8 Å². The summed E-state index contributed by atoms with van der Waals surface area (Å²) in [4.78, 5) is 9.60. The van der Waals surface area contributed by atoms with Gasteiger partial charge in [-0.25, -0.2) is 9.55 Å². The SMILES string of the molecule is Cn1c2cc3nc(cc4[n+](C)c(cc5ccc(cc1CC2)[n-]5)CC4)C=C3. The summed E-state index contributed by atoms with van der Waals surface area (Å²) in [6.45, 7) is 0. The highest BCUT2D eigenvalue weighted by atomic mass is 15.0. The van der Waals surface area contributed by atoms with Crippen molar-refractivity contribution in [1.82, 2.24) is 14.5 Å². The van der Waals surface area contributed by atoms with Gasteiger partial charge >= 0.3 is 0 Å². The summed E-state index contributed by atoms with van der Waals surface area (Å²) in [5.41, 5.74) is 9.41. The van der Waals surface area contributed by atoms with Crippen LogP contribution in [0.2, 0.25) is 0 Å². The van der Waals surface area contributed by atoms with Crippen LogP contribution < -0.4 is 9.55 Å². The van der Waals surface area contributed by atoms with Gasteiger partial charge in [-0.1, -0.05) is 18.2 Å². The monoisotopic (exact) mass is 342 g/mol. The number of rotatable bonds is 0. The highest BCUT2D eigenvalue weighted by Crippen LogP contribution is 2.19. The maximum Gasteiger partial charge on any atom is 0.184 e. The molecule has 0 radical (unpaired) electrons. The Labute approximate surface area is 153 Å². The second-order valence-electron chi connectivity index (χ2n) is 7.25. The molecule has 0 N–H and O–H groups in total. The third kappa shape index (κ3) is 2.62. The summed E-state index contributed by atoms with van der Waals surface area (Å²) >= 11 is 0. The molecule has 3 aliphatic rings. The minimum Gasteiger partial charge on any atom is -0.658 e. The fraction of sp³-hybridized carbons (Fsp3) is 0.273. The van der Waals surface area contributed by atoms with Gasteiger partial charge in [-0.15, -0.1) is 11.0 Å². The molecular formula is C22H22N4. The molecule has 2 aromatic heterocycles. The van der Waals surface area contributed by atoms with Crippen molar-refractivity contribution < 1.29 is 4.57 Å². The van der Waals surface area contributed by atoms with Crippen LogP contribution in [0.3, 0.4) is 0 Å². The highest BCUT2D eigenvalue weighted by Gasteiger charge is 2.19. The number of hydrogen-bond acceptors (Lipinski definition) is 1. The van der Waals surface area contributed by atoms with E-state index in [1.807, 2.05) is 0 Å². The largest absolute Gasteiger partial charge is 0.658 e. The lowest BCUT2D eigenvalue weighted by Crippen LogP contribution is -2.31. The lowest BCUT2D eigenvalue weighted by atomic mass is 10.2. The Morgan fingerprint density at radius 2 is 1.46 bits per heavy atom. The van der Waals surface area contributed by atoms with Gasteiger partial charge in [0.1, 0.15) is 7.05 Å². The number of aromatic nitrogens is 4. The quantitative estimate of drug-likeness (QED) is 0.589. The summed E-state index contributed by atoms with van der Waals surface area (Å²) in [6.07, 6.45) is 8.42. The molecule has 0 aromatic carbocycles. The second kappa shape index (κ2) is 5.84. The normalized spacial score (nSPS) is 14.5. The Hall–Kier alpha value is -2.88. The molecule has 0 aliphatic carbocycles. The van der Waals surface area contributed by atoms with Crippen LogP contribution in [-0.4, -0.2) is 9.55 Å². The van der Waals surface area contributed by atoms with Crippen LogP contribution in [0.25, 0.3) is 23.2 Å². The van der Waals surface area contributed by atoms with E-state index in [2.05, 4.69) is 71.8 Å². The fourth-order valence-electron chi connectivity index (χ4n) is 4.02. The molecule has 0 atom stereocenters. The van der Waals surface area contributed by atoms with Gasteiger partial charge in [-0.05, 0) is 37.1 Å². The molecule has 2 aromatic rings. The molecule has 0 amide bonds. The van der Waals surface area contributed by atoms with Crippen molar-refractivity contribution in [1.29, 1.82) is 0 Å². The van der Waals surface area contributed by atoms with Crippen LogP contribution in [0.5, 0.6) is 0 Å². The summed E-state index contributed by atoms with van der Waals surface area (Å²) in [6, 6.07) is 13.1. The van der Waals surface area contributed by atoms with Crippen LogP contribution in [-0.2, 0) is 39.8 Å². The van der Waals surface area contributed by atoms with E-state index in [0.717, 1.165) is 48.1 Å². The van der Waals surface area contributed by atoms with Crippen molar-refractivity contribution in [2.75, 3.05) is 0 Å². The lowest BCUT2D eigenvalue weighted by molar-refractivity contribution is -0.677. The van der Waals surface area contributed by atoms with Gasteiger partial charge in [0.05, 0.1) is 11.4 Å². The summed E-state index contributed by atoms with van der Waals surface area (Å²) in [5.74, 6) is 0. The van der Waals surface area contributed by atoms with Crippen molar-refractivity contribution in [3.63, 3.8) is 0 Å². The van der Waals surface area contributed by atoms with Crippen LogP contribution in [0, 0.1) is 0 Å². The average molecular weight is 342 g/mol. The third-order valence-electron chi connectivity index (χ3n) is 5.62. The van der Waals surface area contributed by atoms with E-state index in [4.69, 9.17) is 9.97 Å². The molecule has 0 saturated carbocycles. The molecule has 5 rings (SSSR count). The predicted octanol–water partition coefficient (Wildman–Crippen LogP) is 2.85. The van der Waals surface area contributed by atoms with Gasteiger partial charge < -0.3 is 9.55 Å². The highest BCUT2D eigenvalue weighted by molar-refractivity contribution is 5.70. The van der Waals surface area contributed by atoms with Crippen LogP contribution in [0.1, 0.15) is 34.2 Å². The minimum atomic E-state index is 1.04. The molecule has 130 valence electrons. The molecule has 0 fully saturated rings. The van der Waals surface area contributed by atoms with E-state index in [9.17, 15) is 0 Å². The first-order valence-electron chi connectivity index (χ1n) is 9.23. The van der Waals surface area contributed by atoms with E-state index in [0.29, 0.717) is 0 Å². The van der Waals surface area contributed by atoms with Crippen molar-refractivity contribution in [2.45, 2.75) is 25.7 Å². The predicted molar refractivity (Wildman–Crippen MR) is 103 cm³/mol. The Morgan fingerprint density at radius 1 is 0.846 bits per heavy atom. The molecular weight excluding hydrogens is 320 g/mol. The zero-order chi connectivity index (χ0) is 17.7. The Bertz CT molecular complexity index is 1030. The maximum absolute atomic E-state index is 4.80. The van der Waals surface area contributed by atoms with Crippen molar-refractivity contribution in [3.8, 4) is 0 Å². The molecule has 0 spiro atoms. The van der Waals surface area contributed by atoms with Gasteiger partial charge in [0, 0.05) is 37.3 Å². The Kier molecular flexibility index (Phi) is 3.45. The first-order valence-corrected chi connectivity index (χ1v) is 9.23. The van der Waals surface area contributed by atoms with Gasteiger partial charge in [0.15, 0.2) is 11.4 Å². The smallest absolute Gasteiger partial charge is 0.184 e. The molecule has 0 saturated heterocycles. The van der Waals surface area contributed by atoms with E-state index in [1.165, 1.54) is 22.8 Å². The molecule has 3 aliphatic heterocycles. The van der Waals surface area contributed by atoms with Crippen molar-refractivity contribution in [2.24, 2.45) is 14.1 Å². The van der Waals surface area contributed by atoms with Gasteiger partial charge in [0.2, 0.25) is 0 Å². The number of hydrogen-bond donors (Lipinski definition) is 0. The summed E-state index contributed by atoms with van der Waals surface area (Å²) < 4.78 is 4.56. The lowest BCUT2D eigenvalue weighted by Gasteiger charge is -2.01. The molecule has 4 heteroatoms. The van der Waals surface area contributed by atoms with E-state index in [-0.39, 0.29) is 0 Å². The maximum atomic E-state index is 4.80. The first-order chi connectivity index (χ1) is 12.7.